The Bertz CT molecular complexity index is 1380. The number of imidazole rings is 1. The van der Waals surface area contributed by atoms with Crippen molar-refractivity contribution in [3.63, 3.8) is 0 Å². The predicted molar refractivity (Wildman–Crippen MR) is 119 cm³/mol. The highest BCUT2D eigenvalue weighted by Crippen LogP contribution is 2.31. The second-order valence-electron chi connectivity index (χ2n) is 7.61. The van der Waals surface area contributed by atoms with Crippen molar-refractivity contribution in [1.29, 1.82) is 5.26 Å². The molecule has 0 aliphatic rings. The van der Waals surface area contributed by atoms with Gasteiger partial charge in [0.2, 0.25) is 0 Å². The SMILES string of the molecule is Cc1cc2nc(C(C#N)=Cc3ccc(-c4cc(C)c(C)c([N+](=O)[O-])c4)o3)[nH]c2cc1C. The van der Waals surface area contributed by atoms with Gasteiger partial charge in [0, 0.05) is 23.3 Å². The number of aromatic nitrogens is 2. The average Bonchev–Trinajstić information content (AvgIpc) is 3.35. The molecule has 4 rings (SSSR count). The first kappa shape index (κ1) is 20.1. The molecule has 2 heterocycles. The number of hydrogen-bond donors (Lipinski definition) is 1. The van der Waals surface area contributed by atoms with Crippen LogP contribution in [0.3, 0.4) is 0 Å². The second-order valence-corrected chi connectivity index (χ2v) is 7.61. The Morgan fingerprint density at radius 3 is 2.58 bits per heavy atom. The summed E-state index contributed by atoms with van der Waals surface area (Å²) < 4.78 is 5.87. The summed E-state index contributed by atoms with van der Waals surface area (Å²) in [4.78, 5) is 18.7. The third-order valence-corrected chi connectivity index (χ3v) is 5.51. The smallest absolute Gasteiger partial charge is 0.273 e. The number of rotatable bonds is 4. The summed E-state index contributed by atoms with van der Waals surface area (Å²) in [5, 5.41) is 21.0. The maximum Gasteiger partial charge on any atom is 0.273 e. The molecule has 7 nitrogen and oxygen atoms in total. The minimum atomic E-state index is -0.394. The average molecular weight is 412 g/mol. The molecule has 0 radical (unpaired) electrons. The van der Waals surface area contributed by atoms with Crippen molar-refractivity contribution in [1.82, 2.24) is 9.97 Å². The molecule has 0 saturated carbocycles. The summed E-state index contributed by atoms with van der Waals surface area (Å²) in [5.41, 5.74) is 6.36. The van der Waals surface area contributed by atoms with Crippen LogP contribution >= 0.6 is 0 Å². The monoisotopic (exact) mass is 412 g/mol. The Hall–Kier alpha value is -4.18. The number of allylic oxidation sites excluding steroid dienone is 1. The van der Waals surface area contributed by atoms with E-state index in [1.54, 1.807) is 25.1 Å². The fourth-order valence-corrected chi connectivity index (χ4v) is 3.45. The van der Waals surface area contributed by atoms with E-state index in [0.717, 1.165) is 27.7 Å². The van der Waals surface area contributed by atoms with E-state index in [2.05, 4.69) is 16.0 Å². The zero-order valence-corrected chi connectivity index (χ0v) is 17.6. The van der Waals surface area contributed by atoms with Crippen LogP contribution in [0.5, 0.6) is 0 Å². The summed E-state index contributed by atoms with van der Waals surface area (Å²) in [7, 11) is 0. The van der Waals surface area contributed by atoms with E-state index < -0.39 is 4.92 Å². The van der Waals surface area contributed by atoms with E-state index in [1.807, 2.05) is 39.0 Å². The van der Waals surface area contributed by atoms with Crippen LogP contribution in [0.4, 0.5) is 5.69 Å². The lowest BCUT2D eigenvalue weighted by Crippen LogP contribution is -1.94. The zero-order valence-electron chi connectivity index (χ0n) is 17.6. The van der Waals surface area contributed by atoms with Crippen LogP contribution in [0.2, 0.25) is 0 Å². The van der Waals surface area contributed by atoms with Crippen LogP contribution in [0, 0.1) is 49.1 Å². The van der Waals surface area contributed by atoms with Crippen molar-refractivity contribution in [3.05, 3.63) is 80.4 Å². The molecule has 4 aromatic rings. The second kappa shape index (κ2) is 7.58. The van der Waals surface area contributed by atoms with Gasteiger partial charge in [0.1, 0.15) is 23.4 Å². The van der Waals surface area contributed by atoms with E-state index in [9.17, 15) is 15.4 Å². The van der Waals surface area contributed by atoms with Crippen LogP contribution in [-0.4, -0.2) is 14.9 Å². The molecule has 0 aliphatic carbocycles. The highest BCUT2D eigenvalue weighted by Gasteiger charge is 2.17. The first-order chi connectivity index (χ1) is 14.8. The number of nitrogens with zero attached hydrogens (tertiary/aromatic N) is 3. The minimum Gasteiger partial charge on any atom is -0.457 e. The van der Waals surface area contributed by atoms with Gasteiger partial charge >= 0.3 is 0 Å². The van der Waals surface area contributed by atoms with Crippen LogP contribution in [-0.2, 0) is 0 Å². The van der Waals surface area contributed by atoms with Crippen LogP contribution in [0.25, 0.3) is 34.0 Å². The maximum absolute atomic E-state index is 11.3. The number of fused-ring (bicyclic) bond motifs is 1. The van der Waals surface area contributed by atoms with Gasteiger partial charge in [0.25, 0.3) is 5.69 Å². The summed E-state index contributed by atoms with van der Waals surface area (Å²) in [6, 6.07) is 13.0. The predicted octanol–water partition coefficient (Wildman–Crippen LogP) is 6.03. The molecule has 0 fully saturated rings. The van der Waals surface area contributed by atoms with E-state index in [-0.39, 0.29) is 5.69 Å². The van der Waals surface area contributed by atoms with E-state index in [1.165, 1.54) is 6.07 Å². The van der Waals surface area contributed by atoms with Gasteiger partial charge in [0.15, 0.2) is 0 Å². The Morgan fingerprint density at radius 2 is 1.87 bits per heavy atom. The number of nitrogens with one attached hydrogen (secondary N) is 1. The van der Waals surface area contributed by atoms with Gasteiger partial charge in [-0.25, -0.2) is 4.98 Å². The summed E-state index contributed by atoms with van der Waals surface area (Å²) in [6.45, 7) is 7.60. The molecule has 2 aromatic carbocycles. The molecule has 0 amide bonds. The number of nitriles is 1. The number of aromatic amines is 1. The van der Waals surface area contributed by atoms with Gasteiger partial charge < -0.3 is 9.40 Å². The van der Waals surface area contributed by atoms with Crippen LogP contribution in [0.1, 0.15) is 33.8 Å². The van der Waals surface area contributed by atoms with Gasteiger partial charge in [-0.3, -0.25) is 10.1 Å². The number of aryl methyl sites for hydroxylation is 3. The number of nitro benzene ring substituents is 1. The van der Waals surface area contributed by atoms with Crippen molar-refractivity contribution in [2.45, 2.75) is 27.7 Å². The van der Waals surface area contributed by atoms with Gasteiger partial charge in [-0.15, -0.1) is 0 Å². The van der Waals surface area contributed by atoms with E-state index >= 15 is 0 Å². The highest BCUT2D eigenvalue weighted by atomic mass is 16.6. The Labute approximate surface area is 178 Å². The molecule has 31 heavy (non-hydrogen) atoms. The molecule has 154 valence electrons. The van der Waals surface area contributed by atoms with Crippen molar-refractivity contribution >= 4 is 28.4 Å². The minimum absolute atomic E-state index is 0.0501. The van der Waals surface area contributed by atoms with Crippen LogP contribution < -0.4 is 0 Å². The third-order valence-electron chi connectivity index (χ3n) is 5.51. The first-order valence-corrected chi connectivity index (χ1v) is 9.72. The Morgan fingerprint density at radius 1 is 1.13 bits per heavy atom. The molecule has 2 aromatic heterocycles. The molecule has 0 aliphatic heterocycles. The van der Waals surface area contributed by atoms with Crippen molar-refractivity contribution in [2.24, 2.45) is 0 Å². The lowest BCUT2D eigenvalue weighted by molar-refractivity contribution is -0.385. The quantitative estimate of drug-likeness (QED) is 0.250. The fraction of sp³-hybridized carbons (Fsp3) is 0.167. The molecular weight excluding hydrogens is 392 g/mol. The highest BCUT2D eigenvalue weighted by molar-refractivity contribution is 5.90. The van der Waals surface area contributed by atoms with E-state index in [4.69, 9.17) is 4.42 Å². The van der Waals surface area contributed by atoms with Gasteiger partial charge in [-0.1, -0.05) is 0 Å². The third kappa shape index (κ3) is 3.71. The summed E-state index contributed by atoms with van der Waals surface area (Å²) in [5.74, 6) is 1.41. The number of nitro groups is 1. The molecule has 0 unspecified atom stereocenters. The molecule has 0 saturated heterocycles. The largest absolute Gasteiger partial charge is 0.457 e. The maximum atomic E-state index is 11.3. The van der Waals surface area contributed by atoms with Gasteiger partial charge in [0.05, 0.1) is 21.5 Å². The lowest BCUT2D eigenvalue weighted by atomic mass is 10.0. The molecular formula is C24H20N4O3. The molecule has 1 N–H and O–H groups in total. The topological polar surface area (TPSA) is 109 Å². The molecule has 0 spiro atoms. The van der Waals surface area contributed by atoms with Gasteiger partial charge in [-0.2, -0.15) is 5.26 Å². The van der Waals surface area contributed by atoms with Crippen molar-refractivity contribution in [3.8, 4) is 17.4 Å². The van der Waals surface area contributed by atoms with Crippen molar-refractivity contribution in [2.75, 3.05) is 0 Å². The number of H-pyrrole nitrogens is 1. The first-order valence-electron chi connectivity index (χ1n) is 9.72. The summed E-state index contributed by atoms with van der Waals surface area (Å²) >= 11 is 0. The molecule has 0 bridgehead atoms. The fourth-order valence-electron chi connectivity index (χ4n) is 3.45. The molecule has 7 heteroatoms. The lowest BCUT2D eigenvalue weighted by Gasteiger charge is -2.04. The van der Waals surface area contributed by atoms with Gasteiger partial charge in [-0.05, 0) is 74.7 Å². The molecule has 0 atom stereocenters. The Kier molecular flexibility index (Phi) is 4.91. The van der Waals surface area contributed by atoms with Crippen molar-refractivity contribution < 1.29 is 9.34 Å². The normalized spacial score (nSPS) is 11.6. The number of furan rings is 1. The number of benzene rings is 2. The van der Waals surface area contributed by atoms with Crippen LogP contribution in [0.15, 0.2) is 40.8 Å². The summed E-state index contributed by atoms with van der Waals surface area (Å²) in [6.07, 6.45) is 1.61. The van der Waals surface area contributed by atoms with E-state index in [0.29, 0.717) is 34.0 Å². The number of hydrogen-bond acceptors (Lipinski definition) is 5. The standard InChI is InChI=1S/C24H20N4O3/c1-13-8-20-21(9-14(13)2)27-24(26-20)18(12-25)10-19-5-6-23(31-19)17-7-15(3)16(4)22(11-17)28(29)30/h5-11H,1-4H3,(H,26,27). The zero-order chi connectivity index (χ0) is 22.3. The Balaban J connectivity index is 1.72.